The number of benzene rings is 2. The summed E-state index contributed by atoms with van der Waals surface area (Å²) in [5.74, 6) is 0.722. The molecule has 138 valence electrons. The molecular weight excluding hydrogens is 342 g/mol. The molecule has 0 N–H and O–H groups in total. The summed E-state index contributed by atoms with van der Waals surface area (Å²) < 4.78 is 6.31. The van der Waals surface area contributed by atoms with Gasteiger partial charge in [-0.1, -0.05) is 44.2 Å². The highest BCUT2D eigenvalue weighted by atomic mass is 16.6. The van der Waals surface area contributed by atoms with E-state index >= 15 is 0 Å². The minimum atomic E-state index is -0.413. The quantitative estimate of drug-likeness (QED) is 0.562. The lowest BCUT2D eigenvalue weighted by atomic mass is 9.72. The highest BCUT2D eigenvalue weighted by Crippen LogP contribution is 2.53. The molecule has 1 aliphatic carbocycles. The predicted molar refractivity (Wildman–Crippen MR) is 101 cm³/mol. The summed E-state index contributed by atoms with van der Waals surface area (Å²) in [6.45, 7) is 4.16. The van der Waals surface area contributed by atoms with Crippen molar-refractivity contribution in [2.45, 2.75) is 38.7 Å². The number of hydrogen-bond donors (Lipinski definition) is 0. The first-order chi connectivity index (χ1) is 12.9. The van der Waals surface area contributed by atoms with Crippen LogP contribution in [0.2, 0.25) is 0 Å². The smallest absolute Gasteiger partial charge is 0.269 e. The molecule has 2 aliphatic rings. The molecule has 1 heterocycles. The molecule has 27 heavy (non-hydrogen) atoms. The Balaban J connectivity index is 1.78. The third-order valence-electron chi connectivity index (χ3n) is 5.35. The van der Waals surface area contributed by atoms with E-state index in [0.717, 1.165) is 28.9 Å². The SMILES string of the molecule is CC1(C)CC(=O)C2=C(C1)O[C@H](c1ccc([N+](=O)[O-])cc1)[C@H]2c1ccccc1. The highest BCUT2D eigenvalue weighted by molar-refractivity contribution is 5.99. The molecule has 5 nitrogen and oxygen atoms in total. The first-order valence-corrected chi connectivity index (χ1v) is 9.08. The summed E-state index contributed by atoms with van der Waals surface area (Å²) in [5.41, 5.74) is 2.56. The Labute approximate surface area is 157 Å². The molecule has 4 rings (SSSR count). The number of carbonyl (C=O) groups is 1. The molecule has 1 aliphatic heterocycles. The number of non-ortho nitro benzene ring substituents is 1. The summed E-state index contributed by atoms with van der Waals surface area (Å²) in [6, 6.07) is 16.3. The van der Waals surface area contributed by atoms with Crippen LogP contribution in [0.5, 0.6) is 0 Å². The zero-order chi connectivity index (χ0) is 19.2. The average Bonchev–Trinajstić information content (AvgIpc) is 3.01. The second-order valence-corrected chi connectivity index (χ2v) is 8.05. The Morgan fingerprint density at radius 2 is 1.67 bits per heavy atom. The van der Waals surface area contributed by atoms with Gasteiger partial charge in [0.2, 0.25) is 0 Å². The first kappa shape index (κ1) is 17.5. The molecule has 0 saturated carbocycles. The van der Waals surface area contributed by atoms with Crippen LogP contribution in [-0.4, -0.2) is 10.7 Å². The van der Waals surface area contributed by atoms with Crippen molar-refractivity contribution in [1.29, 1.82) is 0 Å². The van der Waals surface area contributed by atoms with Crippen LogP contribution >= 0.6 is 0 Å². The number of carbonyl (C=O) groups excluding carboxylic acids is 1. The number of nitro benzene ring substituents is 1. The van der Waals surface area contributed by atoms with E-state index in [4.69, 9.17) is 4.74 Å². The van der Waals surface area contributed by atoms with Gasteiger partial charge in [0, 0.05) is 30.5 Å². The number of nitrogens with zero attached hydrogens (tertiary/aromatic N) is 1. The maximum absolute atomic E-state index is 13.0. The zero-order valence-electron chi connectivity index (χ0n) is 15.3. The summed E-state index contributed by atoms with van der Waals surface area (Å²) >= 11 is 0. The maximum Gasteiger partial charge on any atom is 0.269 e. The van der Waals surface area contributed by atoms with Gasteiger partial charge in [-0.25, -0.2) is 0 Å². The normalized spacial score (nSPS) is 23.7. The van der Waals surface area contributed by atoms with E-state index in [0.29, 0.717) is 6.42 Å². The molecule has 0 amide bonds. The third-order valence-corrected chi connectivity index (χ3v) is 5.35. The van der Waals surface area contributed by atoms with E-state index in [1.54, 1.807) is 12.1 Å². The molecule has 2 atom stereocenters. The number of Topliss-reactive ketones (excluding diaryl/α,β-unsaturated/α-hetero) is 1. The molecule has 0 saturated heterocycles. The van der Waals surface area contributed by atoms with Crippen molar-refractivity contribution in [3.63, 3.8) is 0 Å². The lowest BCUT2D eigenvalue weighted by Gasteiger charge is -2.29. The summed E-state index contributed by atoms with van der Waals surface area (Å²) in [5, 5.41) is 11.0. The fourth-order valence-corrected chi connectivity index (χ4v) is 4.15. The lowest BCUT2D eigenvalue weighted by Crippen LogP contribution is -2.26. The highest BCUT2D eigenvalue weighted by Gasteiger charge is 2.46. The van der Waals surface area contributed by atoms with Crippen molar-refractivity contribution in [3.05, 3.63) is 87.2 Å². The topological polar surface area (TPSA) is 69.4 Å². The van der Waals surface area contributed by atoms with Crippen LogP contribution < -0.4 is 0 Å². The Morgan fingerprint density at radius 3 is 2.30 bits per heavy atom. The Bertz CT molecular complexity index is 929. The monoisotopic (exact) mass is 363 g/mol. The summed E-state index contributed by atoms with van der Waals surface area (Å²) in [4.78, 5) is 23.5. The van der Waals surface area contributed by atoms with E-state index < -0.39 is 4.92 Å². The average molecular weight is 363 g/mol. The van der Waals surface area contributed by atoms with Gasteiger partial charge in [-0.15, -0.1) is 0 Å². The van der Waals surface area contributed by atoms with Gasteiger partial charge in [-0.3, -0.25) is 14.9 Å². The Hall–Kier alpha value is -2.95. The number of allylic oxidation sites excluding steroid dienone is 1. The van der Waals surface area contributed by atoms with Gasteiger partial charge in [0.05, 0.1) is 10.8 Å². The van der Waals surface area contributed by atoms with Crippen LogP contribution in [0.1, 0.15) is 49.8 Å². The zero-order valence-corrected chi connectivity index (χ0v) is 15.3. The van der Waals surface area contributed by atoms with Crippen molar-refractivity contribution in [1.82, 2.24) is 0 Å². The van der Waals surface area contributed by atoms with E-state index in [-0.39, 0.29) is 28.9 Å². The second kappa shape index (κ2) is 6.34. The minimum Gasteiger partial charge on any atom is -0.489 e. The Morgan fingerprint density at radius 1 is 1.00 bits per heavy atom. The van der Waals surface area contributed by atoms with Crippen LogP contribution in [-0.2, 0) is 9.53 Å². The molecule has 2 aromatic carbocycles. The number of nitro groups is 1. The van der Waals surface area contributed by atoms with Gasteiger partial charge >= 0.3 is 0 Å². The van der Waals surface area contributed by atoms with Crippen LogP contribution in [0, 0.1) is 15.5 Å². The number of ketones is 1. The maximum atomic E-state index is 13.0. The third kappa shape index (κ3) is 3.14. The van der Waals surface area contributed by atoms with Crippen LogP contribution in [0.25, 0.3) is 0 Å². The molecule has 0 fully saturated rings. The summed E-state index contributed by atoms with van der Waals surface area (Å²) in [7, 11) is 0. The molecule has 0 unspecified atom stereocenters. The van der Waals surface area contributed by atoms with Gasteiger partial charge in [0.1, 0.15) is 11.9 Å². The minimum absolute atomic E-state index is 0.0444. The van der Waals surface area contributed by atoms with E-state index in [1.165, 1.54) is 12.1 Å². The summed E-state index contributed by atoms with van der Waals surface area (Å²) in [6.07, 6.45) is 0.878. The van der Waals surface area contributed by atoms with Crippen molar-refractivity contribution >= 4 is 11.5 Å². The molecular formula is C22H21NO4. The van der Waals surface area contributed by atoms with E-state index in [2.05, 4.69) is 13.8 Å². The number of ether oxygens (including phenoxy) is 1. The predicted octanol–water partition coefficient (Wildman–Crippen LogP) is 5.09. The fraction of sp³-hybridized carbons (Fsp3) is 0.318. The standard InChI is InChI=1S/C22H21NO4/c1-22(2)12-17(24)20-18(13-22)27-21(19(20)14-6-4-3-5-7-14)15-8-10-16(11-9-15)23(25)26/h3-11,19,21H,12-13H2,1-2H3/t19-,21+/m0/s1. The second-order valence-electron chi connectivity index (χ2n) is 8.05. The molecule has 0 bridgehead atoms. The van der Waals surface area contributed by atoms with Gasteiger partial charge < -0.3 is 4.74 Å². The lowest BCUT2D eigenvalue weighted by molar-refractivity contribution is -0.384. The van der Waals surface area contributed by atoms with Gasteiger partial charge in [0.25, 0.3) is 5.69 Å². The molecule has 2 aromatic rings. The van der Waals surface area contributed by atoms with Crippen molar-refractivity contribution < 1.29 is 14.5 Å². The van der Waals surface area contributed by atoms with Gasteiger partial charge in [-0.05, 0) is 28.7 Å². The number of hydrogen-bond acceptors (Lipinski definition) is 4. The van der Waals surface area contributed by atoms with Crippen LogP contribution in [0.3, 0.4) is 0 Å². The molecule has 0 aromatic heterocycles. The van der Waals surface area contributed by atoms with Crippen molar-refractivity contribution in [3.8, 4) is 0 Å². The Kier molecular flexibility index (Phi) is 4.10. The van der Waals surface area contributed by atoms with Crippen LogP contribution in [0.4, 0.5) is 5.69 Å². The van der Waals surface area contributed by atoms with Crippen LogP contribution in [0.15, 0.2) is 65.9 Å². The van der Waals surface area contributed by atoms with Gasteiger partial charge in [0.15, 0.2) is 5.78 Å². The fourth-order valence-electron chi connectivity index (χ4n) is 4.15. The first-order valence-electron chi connectivity index (χ1n) is 9.08. The van der Waals surface area contributed by atoms with Gasteiger partial charge in [-0.2, -0.15) is 0 Å². The van der Waals surface area contributed by atoms with Crippen molar-refractivity contribution in [2.75, 3.05) is 0 Å². The van der Waals surface area contributed by atoms with E-state index in [1.807, 2.05) is 30.3 Å². The molecule has 5 heteroatoms. The molecule has 0 spiro atoms. The van der Waals surface area contributed by atoms with E-state index in [9.17, 15) is 14.9 Å². The molecule has 0 radical (unpaired) electrons. The van der Waals surface area contributed by atoms with Crippen molar-refractivity contribution in [2.24, 2.45) is 5.41 Å². The number of rotatable bonds is 3. The largest absolute Gasteiger partial charge is 0.489 e.